The summed E-state index contributed by atoms with van der Waals surface area (Å²) in [4.78, 5) is 64.2. The highest BCUT2D eigenvalue weighted by molar-refractivity contribution is 7.98. The minimum atomic E-state index is -0.185. The highest BCUT2D eigenvalue weighted by Crippen LogP contribution is 2.40. The summed E-state index contributed by atoms with van der Waals surface area (Å²) in [6, 6.07) is 16.8. The number of hydrogen-bond acceptors (Lipinski definition) is 8. The number of aromatic nitrogens is 1. The van der Waals surface area contributed by atoms with E-state index in [2.05, 4.69) is 16.3 Å². The van der Waals surface area contributed by atoms with E-state index < -0.39 is 0 Å². The Labute approximate surface area is 336 Å². The van der Waals surface area contributed by atoms with E-state index in [1.165, 1.54) is 19.3 Å². The average Bonchev–Trinajstić information content (AvgIpc) is 4.14. The van der Waals surface area contributed by atoms with Gasteiger partial charge < -0.3 is 25.1 Å². The molecule has 0 bridgehead atoms. The first-order chi connectivity index (χ1) is 26.7. The molecule has 2 saturated heterocycles. The Kier molecular flexibility index (Phi) is 16.8. The lowest BCUT2D eigenvalue weighted by Gasteiger charge is -2.31. The number of H-pyrrole nitrogens is 1. The second kappa shape index (κ2) is 21.2. The molecular weight excluding hydrogens is 727 g/mol. The summed E-state index contributed by atoms with van der Waals surface area (Å²) < 4.78 is 8.09. The van der Waals surface area contributed by atoms with Gasteiger partial charge in [-0.2, -0.15) is 0 Å². The number of likely N-dealkylation sites (N-methyl/N-ethyl adjacent to an activating group) is 1. The maximum absolute atomic E-state index is 12.1. The van der Waals surface area contributed by atoms with Gasteiger partial charge in [0.25, 0.3) is 0 Å². The summed E-state index contributed by atoms with van der Waals surface area (Å²) in [7, 11) is 3.54. The van der Waals surface area contributed by atoms with Crippen LogP contribution in [0.15, 0.2) is 72.0 Å². The zero-order valence-electron chi connectivity index (χ0n) is 33.8. The van der Waals surface area contributed by atoms with Crippen LogP contribution in [-0.2, 0) is 19.2 Å². The van der Waals surface area contributed by atoms with Crippen molar-refractivity contribution in [3.63, 3.8) is 0 Å². The molecule has 2 aliphatic carbocycles. The molecule has 2 aromatic carbocycles. The van der Waals surface area contributed by atoms with Gasteiger partial charge in [0.05, 0.1) is 18.7 Å². The van der Waals surface area contributed by atoms with Gasteiger partial charge in [-0.25, -0.2) is 0 Å². The Morgan fingerprint density at radius 2 is 1.71 bits per heavy atom. The summed E-state index contributed by atoms with van der Waals surface area (Å²) in [5, 5.41) is 1.37. The van der Waals surface area contributed by atoms with E-state index in [1.807, 2.05) is 80.1 Å². The van der Waals surface area contributed by atoms with Crippen LogP contribution in [0.2, 0.25) is 0 Å². The van der Waals surface area contributed by atoms with Crippen molar-refractivity contribution in [3.8, 4) is 17.0 Å². The average molecular weight is 788 g/mol. The maximum atomic E-state index is 12.1. The number of rotatable bonds is 10. The Morgan fingerprint density at radius 3 is 2.23 bits per heavy atom. The summed E-state index contributed by atoms with van der Waals surface area (Å²) in [5.41, 5.74) is 7.58. The molecule has 3 heterocycles. The number of fused-ring (bicyclic) bond motifs is 1. The van der Waals surface area contributed by atoms with Gasteiger partial charge >= 0.3 is 0 Å². The van der Waals surface area contributed by atoms with E-state index in [4.69, 9.17) is 10.5 Å². The number of benzene rings is 2. The number of nitrogens with two attached hydrogens (primary N) is 1. The molecule has 4 aliphatic rings. The molecule has 3 amide bonds. The number of nitrogens with zero attached hydrogens (tertiary/aromatic N) is 2. The van der Waals surface area contributed by atoms with Crippen LogP contribution in [-0.4, -0.2) is 83.9 Å². The normalized spacial score (nSPS) is 20.7. The Balaban J connectivity index is 0.000000172. The highest BCUT2D eigenvalue weighted by atomic mass is 32.2. The number of allylic oxidation sites excluding steroid dienone is 1. The van der Waals surface area contributed by atoms with Crippen molar-refractivity contribution in [1.82, 2.24) is 19.5 Å². The van der Waals surface area contributed by atoms with Crippen molar-refractivity contribution in [2.24, 2.45) is 28.9 Å². The predicted molar refractivity (Wildman–Crippen MR) is 226 cm³/mol. The summed E-state index contributed by atoms with van der Waals surface area (Å²) in [5.74, 6) is 1.41. The fourth-order valence-corrected chi connectivity index (χ4v) is 7.41. The molecule has 11 nitrogen and oxygen atoms in total. The first-order valence-corrected chi connectivity index (χ1v) is 20.7. The lowest BCUT2D eigenvalue weighted by atomic mass is 9.79. The molecule has 12 heteroatoms. The maximum Gasteiger partial charge on any atom is 0.234 e. The minimum Gasteiger partial charge on any atom is -0.497 e. The fourth-order valence-electron chi connectivity index (χ4n) is 6.60. The van der Waals surface area contributed by atoms with Gasteiger partial charge in [0.1, 0.15) is 12.0 Å². The van der Waals surface area contributed by atoms with Gasteiger partial charge in [-0.15, -0.1) is 6.58 Å². The van der Waals surface area contributed by atoms with E-state index >= 15 is 0 Å². The highest BCUT2D eigenvalue weighted by Gasteiger charge is 2.41. The molecule has 2 saturated carbocycles. The molecular formula is C44H61N5O6S. The van der Waals surface area contributed by atoms with Crippen LogP contribution in [0, 0.1) is 23.2 Å². The Bertz CT molecular complexity index is 1830. The van der Waals surface area contributed by atoms with Gasteiger partial charge in [0.2, 0.25) is 17.7 Å². The van der Waals surface area contributed by atoms with Gasteiger partial charge in [0.15, 0.2) is 5.43 Å². The van der Waals surface area contributed by atoms with Gasteiger partial charge in [-0.3, -0.25) is 28.8 Å². The van der Waals surface area contributed by atoms with Crippen LogP contribution in [0.1, 0.15) is 78.6 Å². The molecule has 4 atom stereocenters. The summed E-state index contributed by atoms with van der Waals surface area (Å²) in [6.45, 7) is 12.5. The number of carbonyl (C=O) groups is 4. The zero-order chi connectivity index (χ0) is 40.8. The third kappa shape index (κ3) is 13.7. The van der Waals surface area contributed by atoms with E-state index in [9.17, 15) is 24.0 Å². The van der Waals surface area contributed by atoms with E-state index in [0.29, 0.717) is 23.0 Å². The quantitative estimate of drug-likeness (QED) is 0.116. The SMILES string of the molecule is C=CC1CC1C(=O)NSC1CC1.CC(C)(C)C(C=O)CC(=O)N1CCCCC1.CN1CCCC1C(N)=O.COc1ccc2c(=O)cc(-c3ccccc3)[nH]c2c1. The number of piperidine rings is 1. The zero-order valence-corrected chi connectivity index (χ0v) is 34.6. The number of carbonyl (C=O) groups excluding carboxylic acids is 4. The van der Waals surface area contributed by atoms with Gasteiger partial charge in [0, 0.05) is 59.8 Å². The number of pyridine rings is 1. The molecule has 4 N–H and O–H groups in total. The number of ether oxygens (including phenoxy) is 1. The molecule has 304 valence electrons. The molecule has 4 unspecified atom stereocenters. The number of amides is 3. The fraction of sp³-hybridized carbons (Fsp3) is 0.523. The lowest BCUT2D eigenvalue weighted by molar-refractivity contribution is -0.136. The van der Waals surface area contributed by atoms with Crippen molar-refractivity contribution in [2.75, 3.05) is 33.8 Å². The predicted octanol–water partition coefficient (Wildman–Crippen LogP) is 6.76. The minimum absolute atomic E-state index is 0.00463. The Morgan fingerprint density at radius 1 is 1.02 bits per heavy atom. The first kappa shape index (κ1) is 44.3. The van der Waals surface area contributed by atoms with Crippen molar-refractivity contribution in [3.05, 3.63) is 77.5 Å². The van der Waals surface area contributed by atoms with Crippen LogP contribution < -0.4 is 20.6 Å². The van der Waals surface area contributed by atoms with Crippen LogP contribution in [0.5, 0.6) is 5.75 Å². The summed E-state index contributed by atoms with van der Waals surface area (Å²) >= 11 is 1.60. The number of likely N-dealkylation sites (tertiary alicyclic amines) is 2. The largest absolute Gasteiger partial charge is 0.497 e. The van der Waals surface area contributed by atoms with Crippen LogP contribution in [0.3, 0.4) is 0 Å². The number of hydrogen-bond donors (Lipinski definition) is 3. The molecule has 3 aromatic rings. The number of aromatic amines is 1. The van der Waals surface area contributed by atoms with E-state index in [1.54, 1.807) is 37.3 Å². The van der Waals surface area contributed by atoms with E-state index in [0.717, 1.165) is 80.5 Å². The second-order valence-electron chi connectivity index (χ2n) is 16.1. The molecule has 0 radical (unpaired) electrons. The topological polar surface area (TPSA) is 155 Å². The number of methoxy groups -OCH3 is 1. The summed E-state index contributed by atoms with van der Waals surface area (Å²) in [6.07, 6.45) is 12.2. The van der Waals surface area contributed by atoms with Crippen LogP contribution in [0.4, 0.5) is 0 Å². The lowest BCUT2D eigenvalue weighted by Crippen LogP contribution is -2.38. The number of aldehydes is 1. The van der Waals surface area contributed by atoms with Crippen molar-refractivity contribution < 1.29 is 23.9 Å². The monoisotopic (exact) mass is 787 g/mol. The molecule has 7 rings (SSSR count). The van der Waals surface area contributed by atoms with Gasteiger partial charge in [-0.05, 0) is 106 Å². The molecule has 1 aromatic heterocycles. The van der Waals surface area contributed by atoms with Crippen molar-refractivity contribution in [2.45, 2.75) is 89.9 Å². The van der Waals surface area contributed by atoms with Gasteiger partial charge in [-0.1, -0.05) is 57.2 Å². The van der Waals surface area contributed by atoms with Crippen molar-refractivity contribution in [1.29, 1.82) is 0 Å². The van der Waals surface area contributed by atoms with E-state index in [-0.39, 0.29) is 46.4 Å². The van der Waals surface area contributed by atoms with Crippen LogP contribution >= 0.6 is 11.9 Å². The first-order valence-electron chi connectivity index (χ1n) is 19.8. The van der Waals surface area contributed by atoms with Crippen LogP contribution in [0.25, 0.3) is 22.2 Å². The number of primary amides is 1. The molecule has 56 heavy (non-hydrogen) atoms. The Hall–Kier alpha value is -4.42. The third-order valence-electron chi connectivity index (χ3n) is 10.7. The molecule has 2 aliphatic heterocycles. The number of nitrogens with one attached hydrogen (secondary N) is 2. The third-order valence-corrected chi connectivity index (χ3v) is 11.8. The second-order valence-corrected chi connectivity index (χ2v) is 17.3. The molecule has 4 fully saturated rings. The smallest absolute Gasteiger partial charge is 0.234 e. The van der Waals surface area contributed by atoms with Crippen molar-refractivity contribution >= 4 is 46.9 Å². The standard InChI is InChI=1S/C16H13NO2.C13H23NO2.C9H13NOS.C6H12N2O/c1-19-12-7-8-13-15(9-12)17-14(10-16(13)18)11-5-3-2-4-6-11;1-13(2,3)11(10-15)9-12(16)14-7-5-4-6-8-14;1-2-6-5-8(6)9(11)10-12-7-3-4-7;1-8-4-2-3-5(8)6(7)9/h2-10H,1H3,(H,17,18);10-11H,4-9H2,1-3H3;2,6-8H,1,3-5H2,(H,10,11);5H,2-4H2,1H3,(H2,7,9). The molecule has 0 spiro atoms.